The number of hydrogen-bond acceptors (Lipinski definition) is 3. The van der Waals surface area contributed by atoms with E-state index in [2.05, 4.69) is 11.8 Å². The summed E-state index contributed by atoms with van der Waals surface area (Å²) in [5, 5.41) is 0. The van der Waals surface area contributed by atoms with E-state index in [4.69, 9.17) is 5.73 Å². The van der Waals surface area contributed by atoms with E-state index >= 15 is 0 Å². The van der Waals surface area contributed by atoms with Crippen molar-refractivity contribution >= 4 is 5.91 Å². The van der Waals surface area contributed by atoms with Crippen LogP contribution in [0.15, 0.2) is 0 Å². The van der Waals surface area contributed by atoms with Gasteiger partial charge in [0, 0.05) is 25.7 Å². The molecule has 2 fully saturated rings. The molecular weight excluding hydrogens is 238 g/mol. The van der Waals surface area contributed by atoms with Crippen molar-refractivity contribution in [1.29, 1.82) is 0 Å². The molecule has 1 atom stereocenters. The second kappa shape index (κ2) is 6.71. The summed E-state index contributed by atoms with van der Waals surface area (Å²) in [5.41, 5.74) is 5.97. The number of amides is 1. The molecule has 2 aliphatic rings. The highest BCUT2D eigenvalue weighted by Gasteiger charge is 2.26. The van der Waals surface area contributed by atoms with Gasteiger partial charge in [-0.2, -0.15) is 0 Å². The minimum absolute atomic E-state index is 0.252. The molecule has 1 aliphatic heterocycles. The molecule has 0 aromatic carbocycles. The molecule has 0 unspecified atom stereocenters. The zero-order valence-electron chi connectivity index (χ0n) is 12.5. The number of piperidine rings is 1. The maximum absolute atomic E-state index is 12.3. The molecule has 2 rings (SSSR count). The molecule has 1 aliphatic carbocycles. The lowest BCUT2D eigenvalue weighted by molar-refractivity contribution is -0.134. The van der Waals surface area contributed by atoms with Crippen LogP contribution < -0.4 is 5.73 Å². The Hall–Kier alpha value is -0.610. The summed E-state index contributed by atoms with van der Waals surface area (Å²) in [6.45, 7) is 4.76. The van der Waals surface area contributed by atoms with Gasteiger partial charge in [-0.1, -0.05) is 6.92 Å². The van der Waals surface area contributed by atoms with E-state index in [1.165, 1.54) is 25.7 Å². The Morgan fingerprint density at radius 1 is 1.26 bits per heavy atom. The SMILES string of the molecule is CC1CCC(N(C)C(=O)CN2CCC[C@@H](N)C2)CC1. The van der Waals surface area contributed by atoms with Crippen LogP contribution in [0.2, 0.25) is 0 Å². The Morgan fingerprint density at radius 2 is 1.95 bits per heavy atom. The third-order valence-electron chi connectivity index (χ3n) is 4.83. The molecule has 2 N–H and O–H groups in total. The first kappa shape index (κ1) is 14.8. The average molecular weight is 267 g/mol. The van der Waals surface area contributed by atoms with E-state index in [1.807, 2.05) is 11.9 Å². The van der Waals surface area contributed by atoms with E-state index in [9.17, 15) is 4.79 Å². The Bertz CT molecular complexity index is 300. The highest BCUT2D eigenvalue weighted by atomic mass is 16.2. The monoisotopic (exact) mass is 267 g/mol. The fourth-order valence-corrected chi connectivity index (χ4v) is 3.37. The van der Waals surface area contributed by atoms with Crippen molar-refractivity contribution in [1.82, 2.24) is 9.80 Å². The summed E-state index contributed by atoms with van der Waals surface area (Å²) in [4.78, 5) is 16.6. The van der Waals surface area contributed by atoms with Gasteiger partial charge in [0.15, 0.2) is 0 Å². The Kier molecular flexibility index (Phi) is 5.22. The van der Waals surface area contributed by atoms with Crippen molar-refractivity contribution in [3.8, 4) is 0 Å². The molecule has 110 valence electrons. The quantitative estimate of drug-likeness (QED) is 0.842. The summed E-state index contributed by atoms with van der Waals surface area (Å²) in [5.74, 6) is 1.11. The van der Waals surface area contributed by atoms with Gasteiger partial charge < -0.3 is 10.6 Å². The van der Waals surface area contributed by atoms with E-state index in [0.29, 0.717) is 12.6 Å². The normalized spacial score (nSPS) is 33.1. The molecule has 19 heavy (non-hydrogen) atoms. The van der Waals surface area contributed by atoms with Crippen LogP contribution in [0.1, 0.15) is 45.4 Å². The molecule has 1 heterocycles. The zero-order chi connectivity index (χ0) is 13.8. The Balaban J connectivity index is 1.78. The lowest BCUT2D eigenvalue weighted by Crippen LogP contribution is -2.49. The highest BCUT2D eigenvalue weighted by molar-refractivity contribution is 5.78. The Labute approximate surface area is 117 Å². The lowest BCUT2D eigenvalue weighted by Gasteiger charge is -2.36. The number of likely N-dealkylation sites (N-methyl/N-ethyl adjacent to an activating group) is 1. The molecule has 4 nitrogen and oxygen atoms in total. The minimum Gasteiger partial charge on any atom is -0.342 e. The van der Waals surface area contributed by atoms with Crippen LogP contribution in [0.5, 0.6) is 0 Å². The number of carbonyl (C=O) groups is 1. The predicted octanol–water partition coefficient (Wildman–Crippen LogP) is 1.45. The van der Waals surface area contributed by atoms with Crippen LogP contribution in [-0.2, 0) is 4.79 Å². The molecule has 0 spiro atoms. The Morgan fingerprint density at radius 3 is 2.58 bits per heavy atom. The molecule has 0 bridgehead atoms. The first-order valence-corrected chi connectivity index (χ1v) is 7.80. The summed E-state index contributed by atoms with van der Waals surface area (Å²) in [7, 11) is 1.98. The molecule has 0 aromatic rings. The maximum atomic E-state index is 12.3. The fraction of sp³-hybridized carbons (Fsp3) is 0.933. The topological polar surface area (TPSA) is 49.6 Å². The molecule has 1 saturated carbocycles. The number of nitrogens with zero attached hydrogens (tertiary/aromatic N) is 2. The highest BCUT2D eigenvalue weighted by Crippen LogP contribution is 2.26. The van der Waals surface area contributed by atoms with Crippen LogP contribution in [0.4, 0.5) is 0 Å². The lowest BCUT2D eigenvalue weighted by atomic mass is 9.87. The molecular formula is C15H29N3O. The molecule has 4 heteroatoms. The van der Waals surface area contributed by atoms with Crippen LogP contribution in [0.25, 0.3) is 0 Å². The maximum Gasteiger partial charge on any atom is 0.236 e. The largest absolute Gasteiger partial charge is 0.342 e. The van der Waals surface area contributed by atoms with Crippen molar-refractivity contribution < 1.29 is 4.79 Å². The number of rotatable bonds is 3. The van der Waals surface area contributed by atoms with E-state index < -0.39 is 0 Å². The first-order valence-electron chi connectivity index (χ1n) is 7.80. The van der Waals surface area contributed by atoms with Crippen LogP contribution in [-0.4, -0.2) is 54.5 Å². The predicted molar refractivity (Wildman–Crippen MR) is 77.8 cm³/mol. The number of nitrogens with two attached hydrogens (primary N) is 1. The van der Waals surface area contributed by atoms with Crippen molar-refractivity contribution in [2.24, 2.45) is 11.7 Å². The minimum atomic E-state index is 0.252. The van der Waals surface area contributed by atoms with E-state index in [-0.39, 0.29) is 11.9 Å². The molecule has 1 saturated heterocycles. The van der Waals surface area contributed by atoms with Gasteiger partial charge in [0.05, 0.1) is 6.54 Å². The summed E-state index contributed by atoms with van der Waals surface area (Å²) >= 11 is 0. The summed E-state index contributed by atoms with van der Waals surface area (Å²) < 4.78 is 0. The second-order valence-electron chi connectivity index (χ2n) is 6.56. The average Bonchev–Trinajstić information content (AvgIpc) is 2.39. The fourth-order valence-electron chi connectivity index (χ4n) is 3.37. The third-order valence-corrected chi connectivity index (χ3v) is 4.83. The van der Waals surface area contributed by atoms with Gasteiger partial charge >= 0.3 is 0 Å². The van der Waals surface area contributed by atoms with E-state index in [0.717, 1.165) is 31.8 Å². The van der Waals surface area contributed by atoms with Crippen LogP contribution in [0, 0.1) is 5.92 Å². The van der Waals surface area contributed by atoms with Crippen LogP contribution >= 0.6 is 0 Å². The summed E-state index contributed by atoms with van der Waals surface area (Å²) in [6, 6.07) is 0.713. The van der Waals surface area contributed by atoms with Gasteiger partial charge in [0.1, 0.15) is 0 Å². The molecule has 1 amide bonds. The first-order chi connectivity index (χ1) is 9.06. The number of likely N-dealkylation sites (tertiary alicyclic amines) is 1. The van der Waals surface area contributed by atoms with Gasteiger partial charge in [-0.25, -0.2) is 0 Å². The van der Waals surface area contributed by atoms with Gasteiger partial charge in [0.25, 0.3) is 0 Å². The van der Waals surface area contributed by atoms with E-state index in [1.54, 1.807) is 0 Å². The van der Waals surface area contributed by atoms with Crippen molar-refractivity contribution in [2.45, 2.75) is 57.5 Å². The van der Waals surface area contributed by atoms with Crippen molar-refractivity contribution in [3.05, 3.63) is 0 Å². The van der Waals surface area contributed by atoms with Crippen LogP contribution in [0.3, 0.4) is 0 Å². The molecule has 0 radical (unpaired) electrons. The zero-order valence-corrected chi connectivity index (χ0v) is 12.5. The third kappa shape index (κ3) is 4.18. The van der Waals surface area contributed by atoms with Gasteiger partial charge in [-0.3, -0.25) is 9.69 Å². The summed E-state index contributed by atoms with van der Waals surface area (Å²) in [6.07, 6.45) is 7.08. The van der Waals surface area contributed by atoms with Gasteiger partial charge in [-0.15, -0.1) is 0 Å². The van der Waals surface area contributed by atoms with Gasteiger partial charge in [-0.05, 0) is 51.0 Å². The number of carbonyl (C=O) groups excluding carboxylic acids is 1. The second-order valence-corrected chi connectivity index (χ2v) is 6.56. The number of hydrogen-bond donors (Lipinski definition) is 1. The molecule has 0 aromatic heterocycles. The smallest absolute Gasteiger partial charge is 0.236 e. The van der Waals surface area contributed by atoms with Crippen molar-refractivity contribution in [3.63, 3.8) is 0 Å². The van der Waals surface area contributed by atoms with Gasteiger partial charge in [0.2, 0.25) is 5.91 Å². The standard InChI is InChI=1S/C15H29N3O/c1-12-5-7-14(8-6-12)17(2)15(19)11-18-9-3-4-13(16)10-18/h12-14H,3-11,16H2,1-2H3/t12?,13-,14?/m1/s1. The van der Waals surface area contributed by atoms with Crippen molar-refractivity contribution in [2.75, 3.05) is 26.7 Å².